The van der Waals surface area contributed by atoms with Gasteiger partial charge >= 0.3 is 0 Å². The van der Waals surface area contributed by atoms with Crippen LogP contribution in [0.15, 0.2) is 48.5 Å². The molecule has 2 aliphatic heterocycles. The van der Waals surface area contributed by atoms with Gasteiger partial charge in [0.2, 0.25) is 0 Å². The van der Waals surface area contributed by atoms with Crippen molar-refractivity contribution in [2.75, 3.05) is 51.8 Å². The summed E-state index contributed by atoms with van der Waals surface area (Å²) >= 11 is 5.60. The summed E-state index contributed by atoms with van der Waals surface area (Å²) in [7, 11) is 0. The summed E-state index contributed by atoms with van der Waals surface area (Å²) in [6, 6.07) is 16.8. The average molecular weight is 695 g/mol. The predicted octanol–water partition coefficient (Wildman–Crippen LogP) is 9.34. The maximum atomic E-state index is 11.3. The zero-order chi connectivity index (χ0) is 34.7. The van der Waals surface area contributed by atoms with Crippen LogP contribution in [0.25, 0.3) is 0 Å². The lowest BCUT2D eigenvalue weighted by Gasteiger charge is -2.30. The first-order chi connectivity index (χ1) is 23.9. The van der Waals surface area contributed by atoms with Gasteiger partial charge in [-0.3, -0.25) is 9.59 Å². The Morgan fingerprint density at radius 2 is 1.20 bits per heavy atom. The first-order valence-corrected chi connectivity index (χ1v) is 19.9. The molecule has 2 saturated heterocycles. The highest BCUT2D eigenvalue weighted by Gasteiger charge is 2.21. The van der Waals surface area contributed by atoms with Crippen molar-refractivity contribution in [2.24, 2.45) is 11.8 Å². The van der Waals surface area contributed by atoms with Gasteiger partial charge in [-0.15, -0.1) is 11.6 Å². The molecule has 4 aliphatic rings. The summed E-state index contributed by atoms with van der Waals surface area (Å²) in [6.07, 6.45) is 14.5. The van der Waals surface area contributed by atoms with Crippen molar-refractivity contribution in [3.63, 3.8) is 0 Å². The van der Waals surface area contributed by atoms with Crippen LogP contribution in [0.5, 0.6) is 11.5 Å². The van der Waals surface area contributed by atoms with Crippen LogP contribution in [0.2, 0.25) is 0 Å². The van der Waals surface area contributed by atoms with Crippen LogP contribution >= 0.6 is 11.6 Å². The van der Waals surface area contributed by atoms with E-state index in [-0.39, 0.29) is 0 Å². The summed E-state index contributed by atoms with van der Waals surface area (Å²) in [6.45, 7) is 12.2. The Balaban J connectivity index is 0.000000189. The number of likely N-dealkylation sites (tertiary alicyclic amines) is 1. The van der Waals surface area contributed by atoms with Gasteiger partial charge in [0.15, 0.2) is 0 Å². The molecule has 2 atom stereocenters. The molecule has 0 amide bonds. The number of hydrogen-bond acceptors (Lipinski definition) is 6. The number of Topliss-reactive ketones (excluding diaryl/α,β-unsaturated/α-hetero) is 2. The number of alkyl halides is 1. The van der Waals surface area contributed by atoms with E-state index in [2.05, 4.69) is 60.5 Å². The number of piperidine rings is 2. The Morgan fingerprint density at radius 3 is 1.63 bits per heavy atom. The molecule has 2 saturated carbocycles. The number of carbonyl (C=O) groups is 2. The first kappa shape index (κ1) is 39.4. The molecule has 6 rings (SSSR count). The number of ketones is 2. The second-order valence-electron chi connectivity index (χ2n) is 14.9. The SMILES string of the molecule is C[C@H]1CCCN(CCCOc2ccc(C3CCC(=O)CC3)cc2)C1.C[C@H]1CCCNC1.O=C1CCC(c2ccc(OCCCCl)cc2)CC1. The van der Waals surface area contributed by atoms with Crippen LogP contribution < -0.4 is 14.8 Å². The molecule has 4 fully saturated rings. The lowest BCUT2D eigenvalue weighted by atomic mass is 9.83. The van der Waals surface area contributed by atoms with Crippen LogP contribution in [0, 0.1) is 11.8 Å². The number of nitrogens with zero attached hydrogens (tertiary/aromatic N) is 1. The number of hydrogen-bond donors (Lipinski definition) is 1. The molecule has 2 aromatic carbocycles. The van der Waals surface area contributed by atoms with Gasteiger partial charge in [0.1, 0.15) is 23.1 Å². The fourth-order valence-electron chi connectivity index (χ4n) is 7.46. The molecule has 0 aromatic heterocycles. The van der Waals surface area contributed by atoms with E-state index in [0.29, 0.717) is 35.9 Å². The molecule has 0 spiro atoms. The van der Waals surface area contributed by atoms with Crippen molar-refractivity contribution in [3.05, 3.63) is 59.7 Å². The third-order valence-electron chi connectivity index (χ3n) is 10.5. The van der Waals surface area contributed by atoms with E-state index in [1.165, 1.54) is 63.0 Å². The number of halogens is 1. The second kappa shape index (κ2) is 22.4. The predicted molar refractivity (Wildman–Crippen MR) is 202 cm³/mol. The Labute approximate surface area is 302 Å². The van der Waals surface area contributed by atoms with Gasteiger partial charge in [0.05, 0.1) is 13.2 Å². The quantitative estimate of drug-likeness (QED) is 0.187. The van der Waals surface area contributed by atoms with E-state index in [1.54, 1.807) is 0 Å². The van der Waals surface area contributed by atoms with Gasteiger partial charge in [0, 0.05) is 44.7 Å². The lowest BCUT2D eigenvalue weighted by molar-refractivity contribution is -0.121. The number of nitrogens with one attached hydrogen (secondary N) is 1. The highest BCUT2D eigenvalue weighted by Crippen LogP contribution is 2.33. The van der Waals surface area contributed by atoms with Crippen LogP contribution in [0.4, 0.5) is 0 Å². The fourth-order valence-corrected chi connectivity index (χ4v) is 7.57. The van der Waals surface area contributed by atoms with E-state index in [4.69, 9.17) is 21.1 Å². The van der Waals surface area contributed by atoms with Gasteiger partial charge in [-0.05, 0) is 143 Å². The maximum absolute atomic E-state index is 11.3. The number of benzene rings is 2. The molecule has 2 aliphatic carbocycles. The van der Waals surface area contributed by atoms with Crippen LogP contribution in [-0.4, -0.2) is 68.3 Å². The lowest BCUT2D eigenvalue weighted by Crippen LogP contribution is -2.35. The molecular formula is C42H63ClN2O4. The molecule has 49 heavy (non-hydrogen) atoms. The zero-order valence-corrected chi connectivity index (χ0v) is 31.2. The standard InChI is InChI=1S/C21H31NO2.C15H19ClO2.C6H13N/c1-17-4-2-13-22(16-17)14-3-15-24-21-11-7-19(8-12-21)18-5-9-20(23)10-6-18;16-10-1-11-18-15-8-4-13(5-9-15)12-2-6-14(17)7-3-12;1-6-3-2-4-7-5-6/h7-8,11-12,17-18H,2-6,9-10,13-16H2,1H3;4-5,8-9,12H,1-3,6-7,10-11H2;6-7H,2-5H2,1H3/t17-;;6-/m0.0/s1. The van der Waals surface area contributed by atoms with E-state index in [9.17, 15) is 9.59 Å². The summed E-state index contributed by atoms with van der Waals surface area (Å²) in [4.78, 5) is 25.1. The molecule has 0 radical (unpaired) electrons. The summed E-state index contributed by atoms with van der Waals surface area (Å²) in [5, 5.41) is 3.33. The smallest absolute Gasteiger partial charge is 0.132 e. The Kier molecular flexibility index (Phi) is 18.0. The third-order valence-corrected chi connectivity index (χ3v) is 10.8. The van der Waals surface area contributed by atoms with Crippen LogP contribution in [0.3, 0.4) is 0 Å². The second-order valence-corrected chi connectivity index (χ2v) is 15.2. The van der Waals surface area contributed by atoms with E-state index in [0.717, 1.165) is 101 Å². The Hall–Kier alpha value is -2.41. The van der Waals surface area contributed by atoms with Gasteiger partial charge < -0.3 is 19.7 Å². The van der Waals surface area contributed by atoms with Gasteiger partial charge in [-0.25, -0.2) is 0 Å². The van der Waals surface area contributed by atoms with Crippen molar-refractivity contribution >= 4 is 23.2 Å². The minimum absolute atomic E-state index is 0.410. The maximum Gasteiger partial charge on any atom is 0.132 e. The Bertz CT molecular complexity index is 1190. The van der Waals surface area contributed by atoms with Crippen molar-refractivity contribution in [2.45, 2.75) is 116 Å². The highest BCUT2D eigenvalue weighted by molar-refractivity contribution is 6.17. The Morgan fingerprint density at radius 1 is 0.694 bits per heavy atom. The van der Waals surface area contributed by atoms with Crippen molar-refractivity contribution in [1.82, 2.24) is 10.2 Å². The van der Waals surface area contributed by atoms with Crippen LogP contribution in [-0.2, 0) is 9.59 Å². The number of rotatable bonds is 11. The van der Waals surface area contributed by atoms with Crippen molar-refractivity contribution < 1.29 is 19.1 Å². The minimum Gasteiger partial charge on any atom is -0.494 e. The summed E-state index contributed by atoms with van der Waals surface area (Å²) in [5.41, 5.74) is 2.68. The zero-order valence-electron chi connectivity index (χ0n) is 30.4. The summed E-state index contributed by atoms with van der Waals surface area (Å²) < 4.78 is 11.5. The molecule has 0 bridgehead atoms. The molecule has 0 unspecified atom stereocenters. The van der Waals surface area contributed by atoms with Crippen molar-refractivity contribution in [1.29, 1.82) is 0 Å². The van der Waals surface area contributed by atoms with E-state index >= 15 is 0 Å². The molecule has 1 N–H and O–H groups in total. The summed E-state index contributed by atoms with van der Waals surface area (Å²) in [5.74, 6) is 6.21. The van der Waals surface area contributed by atoms with Gasteiger partial charge in [-0.2, -0.15) is 0 Å². The molecule has 2 aromatic rings. The normalized spacial score (nSPS) is 22.3. The number of ether oxygens (including phenoxy) is 2. The van der Waals surface area contributed by atoms with Crippen LogP contribution in [0.1, 0.15) is 127 Å². The number of carbonyl (C=O) groups excluding carboxylic acids is 2. The van der Waals surface area contributed by atoms with E-state index < -0.39 is 0 Å². The fraction of sp³-hybridized carbons (Fsp3) is 0.667. The van der Waals surface area contributed by atoms with E-state index in [1.807, 2.05) is 12.1 Å². The topological polar surface area (TPSA) is 67.9 Å². The largest absolute Gasteiger partial charge is 0.494 e. The van der Waals surface area contributed by atoms with Gasteiger partial charge in [-0.1, -0.05) is 38.1 Å². The highest BCUT2D eigenvalue weighted by atomic mass is 35.5. The minimum atomic E-state index is 0.410. The molecule has 272 valence electrons. The third kappa shape index (κ3) is 15.2. The molecule has 7 heteroatoms. The molecule has 6 nitrogen and oxygen atoms in total. The molecular weight excluding hydrogens is 632 g/mol. The average Bonchev–Trinajstić information content (AvgIpc) is 3.13. The van der Waals surface area contributed by atoms with Gasteiger partial charge in [0.25, 0.3) is 0 Å². The first-order valence-electron chi connectivity index (χ1n) is 19.4. The monoisotopic (exact) mass is 694 g/mol. The van der Waals surface area contributed by atoms with Crippen molar-refractivity contribution in [3.8, 4) is 11.5 Å². The molecule has 2 heterocycles.